The number of pyridine rings is 2. The van der Waals surface area contributed by atoms with Gasteiger partial charge in [0.15, 0.2) is 6.23 Å². The molecule has 0 spiro atoms. The zero-order valence-corrected chi connectivity index (χ0v) is 21.0. The van der Waals surface area contributed by atoms with E-state index in [4.69, 9.17) is 31.4 Å². The van der Waals surface area contributed by atoms with Crippen LogP contribution in [0.3, 0.4) is 0 Å². The van der Waals surface area contributed by atoms with Gasteiger partial charge in [-0.25, -0.2) is 15.8 Å². The molecule has 2 heterocycles. The second kappa shape index (κ2) is 10.8. The molecule has 3 aliphatic rings. The molecule has 0 bridgehead atoms. The molecule has 3 aliphatic carbocycles. The average molecular weight is 503 g/mol. The monoisotopic (exact) mass is 502 g/mol. The van der Waals surface area contributed by atoms with Crippen LogP contribution in [0.2, 0.25) is 0 Å². The average Bonchev–Trinajstić information content (AvgIpc) is 3.86. The van der Waals surface area contributed by atoms with Gasteiger partial charge in [-0.2, -0.15) is 0 Å². The predicted molar refractivity (Wildman–Crippen MR) is 144 cm³/mol. The third-order valence-electron chi connectivity index (χ3n) is 6.67. The summed E-state index contributed by atoms with van der Waals surface area (Å²) in [6.07, 6.45) is 15.1. The Balaban J connectivity index is 1.27. The molecule has 6 N–H and O–H groups in total. The van der Waals surface area contributed by atoms with Crippen LogP contribution in [0.15, 0.2) is 59.3 Å². The molecule has 10 nitrogen and oxygen atoms in total. The van der Waals surface area contributed by atoms with Crippen molar-refractivity contribution < 1.29 is 9.47 Å². The highest BCUT2D eigenvalue weighted by molar-refractivity contribution is 5.78. The van der Waals surface area contributed by atoms with Gasteiger partial charge in [0.2, 0.25) is 5.88 Å². The fourth-order valence-corrected chi connectivity index (χ4v) is 3.94. The minimum absolute atomic E-state index is 0.00226. The van der Waals surface area contributed by atoms with E-state index in [2.05, 4.69) is 28.3 Å². The summed E-state index contributed by atoms with van der Waals surface area (Å²) in [5.74, 6) is 6.40. The quantitative estimate of drug-likeness (QED) is 0.113. The Labute approximate surface area is 217 Å². The summed E-state index contributed by atoms with van der Waals surface area (Å²) < 4.78 is 11.9. The second-order valence-electron chi connectivity index (χ2n) is 9.95. The highest BCUT2D eigenvalue weighted by Crippen LogP contribution is 2.42. The van der Waals surface area contributed by atoms with Crippen molar-refractivity contribution in [2.24, 2.45) is 16.6 Å². The van der Waals surface area contributed by atoms with Gasteiger partial charge in [-0.1, -0.05) is 18.2 Å². The Bertz CT molecular complexity index is 1200. The van der Waals surface area contributed by atoms with Gasteiger partial charge in [0.05, 0.1) is 42.2 Å². The number of nitrogens with two attached hydrogens (primary N) is 2. The van der Waals surface area contributed by atoms with E-state index in [1.165, 1.54) is 5.01 Å². The number of aromatic nitrogens is 2. The van der Waals surface area contributed by atoms with E-state index in [-0.39, 0.29) is 11.6 Å². The Morgan fingerprint density at radius 3 is 2.78 bits per heavy atom. The van der Waals surface area contributed by atoms with Crippen molar-refractivity contribution in [3.63, 3.8) is 0 Å². The predicted octanol–water partition coefficient (Wildman–Crippen LogP) is 3.69. The van der Waals surface area contributed by atoms with Crippen LogP contribution in [0.4, 0.5) is 5.69 Å². The van der Waals surface area contributed by atoms with Crippen molar-refractivity contribution in [1.82, 2.24) is 15.0 Å². The second-order valence-corrected chi connectivity index (χ2v) is 9.95. The first-order valence-electron chi connectivity index (χ1n) is 12.7. The van der Waals surface area contributed by atoms with Crippen molar-refractivity contribution in [1.29, 1.82) is 5.41 Å². The zero-order chi connectivity index (χ0) is 25.8. The highest BCUT2D eigenvalue weighted by atomic mass is 16.5. The SMILES string of the molecule is CC1(OC(N)c2nc(-c3ccc(OC4CC4)nc3)ccc2NC=NCC2=CCC(N(N)C=N)C=C2)CC1. The molecule has 0 aliphatic heterocycles. The Hall–Kier alpha value is -3.60. The lowest BCUT2D eigenvalue weighted by Gasteiger charge is -2.23. The Morgan fingerprint density at radius 2 is 2.14 bits per heavy atom. The smallest absolute Gasteiger partial charge is 0.213 e. The topological polar surface area (TPSA) is 148 Å². The van der Waals surface area contributed by atoms with Crippen LogP contribution in [0.1, 0.15) is 50.9 Å². The van der Waals surface area contributed by atoms with E-state index in [9.17, 15) is 0 Å². The maximum Gasteiger partial charge on any atom is 0.213 e. The molecule has 194 valence electrons. The molecular formula is C27H34N8O2. The number of nitrogens with zero attached hydrogens (tertiary/aromatic N) is 4. The van der Waals surface area contributed by atoms with Gasteiger partial charge in [0.25, 0.3) is 0 Å². The molecule has 2 atom stereocenters. The van der Waals surface area contributed by atoms with Crippen molar-refractivity contribution in [2.45, 2.75) is 63.0 Å². The third kappa shape index (κ3) is 6.59. The van der Waals surface area contributed by atoms with Crippen molar-refractivity contribution in [3.8, 4) is 17.1 Å². The number of hydrazine groups is 1. The summed E-state index contributed by atoms with van der Waals surface area (Å²) in [6.45, 7) is 2.59. The number of aliphatic imine (C=N–C) groups is 1. The van der Waals surface area contributed by atoms with Crippen LogP contribution in [0, 0.1) is 5.41 Å². The van der Waals surface area contributed by atoms with Gasteiger partial charge in [-0.15, -0.1) is 0 Å². The van der Waals surface area contributed by atoms with E-state index >= 15 is 0 Å². The van der Waals surface area contributed by atoms with Crippen LogP contribution >= 0.6 is 0 Å². The Kier molecular flexibility index (Phi) is 7.31. The van der Waals surface area contributed by atoms with Gasteiger partial charge in [-0.3, -0.25) is 15.4 Å². The maximum atomic E-state index is 7.26. The van der Waals surface area contributed by atoms with Crippen LogP contribution in [0.25, 0.3) is 11.3 Å². The van der Waals surface area contributed by atoms with Gasteiger partial charge >= 0.3 is 0 Å². The molecule has 37 heavy (non-hydrogen) atoms. The normalized spacial score (nSPS) is 20.8. The molecule has 0 radical (unpaired) electrons. The molecule has 0 amide bonds. The van der Waals surface area contributed by atoms with Crippen molar-refractivity contribution in [3.05, 3.63) is 60.0 Å². The summed E-state index contributed by atoms with van der Waals surface area (Å²) in [4.78, 5) is 13.8. The molecule has 10 heteroatoms. The first-order valence-corrected chi connectivity index (χ1v) is 12.7. The fourth-order valence-electron chi connectivity index (χ4n) is 3.94. The molecule has 2 fully saturated rings. The molecule has 5 rings (SSSR count). The minimum Gasteiger partial charge on any atom is -0.474 e. The number of ether oxygens (including phenoxy) is 2. The molecule has 2 aromatic heterocycles. The molecule has 2 unspecified atom stereocenters. The lowest BCUT2D eigenvalue weighted by atomic mass is 10.0. The molecule has 2 saturated carbocycles. The van der Waals surface area contributed by atoms with Crippen LogP contribution < -0.4 is 21.6 Å². The largest absolute Gasteiger partial charge is 0.474 e. The summed E-state index contributed by atoms with van der Waals surface area (Å²) >= 11 is 0. The van der Waals surface area contributed by atoms with Gasteiger partial charge < -0.3 is 20.5 Å². The zero-order valence-electron chi connectivity index (χ0n) is 21.0. The summed E-state index contributed by atoms with van der Waals surface area (Å²) in [6, 6.07) is 7.71. The lowest BCUT2D eigenvalue weighted by Crippen LogP contribution is -2.38. The van der Waals surface area contributed by atoms with Gasteiger partial charge in [0, 0.05) is 17.8 Å². The minimum atomic E-state index is -0.678. The first-order chi connectivity index (χ1) is 17.9. The number of hydrogen-bond donors (Lipinski definition) is 4. The third-order valence-corrected chi connectivity index (χ3v) is 6.67. The molecule has 2 aromatic rings. The van der Waals surface area contributed by atoms with Crippen molar-refractivity contribution in [2.75, 3.05) is 11.9 Å². The van der Waals surface area contributed by atoms with Crippen LogP contribution in [-0.4, -0.2) is 51.9 Å². The Morgan fingerprint density at radius 1 is 1.30 bits per heavy atom. The standard InChI is InChI=1S/C27H34N8O2/c1-27(12-13-27)37-26(29)25-23(33-17-31-14-18-2-5-20(6-3-18)35(30)16-28)10-9-22(34-25)19-4-11-24(32-15-19)36-21-7-8-21/h2-5,9-11,15-17,20-21,26,28H,6-8,12-14,29-30H2,1H3,(H,31,33). The number of hydrogen-bond acceptors (Lipinski definition) is 8. The summed E-state index contributed by atoms with van der Waals surface area (Å²) in [5, 5.41) is 11.9. The fraction of sp³-hybridized carbons (Fsp3) is 0.407. The van der Waals surface area contributed by atoms with E-state index in [0.29, 0.717) is 24.2 Å². The van der Waals surface area contributed by atoms with E-state index in [1.54, 1.807) is 12.5 Å². The highest BCUT2D eigenvalue weighted by Gasteiger charge is 2.41. The summed E-state index contributed by atoms with van der Waals surface area (Å²) in [5.41, 5.74) is 10.4. The summed E-state index contributed by atoms with van der Waals surface area (Å²) in [7, 11) is 0. The van der Waals surface area contributed by atoms with E-state index < -0.39 is 6.23 Å². The molecule has 0 saturated heterocycles. The lowest BCUT2D eigenvalue weighted by molar-refractivity contribution is -0.0192. The van der Waals surface area contributed by atoms with E-state index in [0.717, 1.165) is 61.0 Å². The number of rotatable bonds is 12. The maximum absolute atomic E-state index is 7.26. The molecule has 0 aromatic carbocycles. The molecular weight excluding hydrogens is 468 g/mol. The van der Waals surface area contributed by atoms with Gasteiger partial charge in [-0.05, 0) is 62.8 Å². The number of anilines is 1. The number of nitrogens with one attached hydrogen (secondary N) is 2. The van der Waals surface area contributed by atoms with Crippen LogP contribution in [-0.2, 0) is 4.74 Å². The van der Waals surface area contributed by atoms with Crippen LogP contribution in [0.5, 0.6) is 5.88 Å². The van der Waals surface area contributed by atoms with Crippen molar-refractivity contribution >= 4 is 18.4 Å². The first kappa shape index (κ1) is 25.1. The van der Waals surface area contributed by atoms with Gasteiger partial charge in [0.1, 0.15) is 11.8 Å². The van der Waals surface area contributed by atoms with E-state index in [1.807, 2.05) is 36.4 Å².